The topological polar surface area (TPSA) is 74.7 Å². The van der Waals surface area contributed by atoms with Crippen molar-refractivity contribution in [3.63, 3.8) is 0 Å². The third kappa shape index (κ3) is 3.79. The van der Waals surface area contributed by atoms with Crippen molar-refractivity contribution in [2.24, 2.45) is 0 Å². The number of carbonyl (C=O) groups excluding carboxylic acids is 1. The minimum Gasteiger partial charge on any atom is -0.357 e. The molecule has 4 rings (SSSR count). The molecule has 0 atom stereocenters. The Bertz CT molecular complexity index is 1050. The highest BCUT2D eigenvalue weighted by molar-refractivity contribution is 5.80. The normalized spacial score (nSPS) is 11.1. The van der Waals surface area contributed by atoms with Crippen molar-refractivity contribution in [2.75, 3.05) is 6.54 Å². The standard InChI is InChI=1S/C21H23N5O/c1-15-24-19-9-4-5-10-20(19)26(15)12-6-11-22-21(27)23-14-17-13-16-7-2-3-8-18(16)25-17/h2-5,7-10,13,25H,6,11-12,14H2,1H3,(H2,22,23,27). The van der Waals surface area contributed by atoms with Crippen LogP contribution in [0.25, 0.3) is 21.9 Å². The summed E-state index contributed by atoms with van der Waals surface area (Å²) in [6.45, 7) is 3.94. The van der Waals surface area contributed by atoms with Gasteiger partial charge in [-0.3, -0.25) is 0 Å². The molecule has 6 heteroatoms. The van der Waals surface area contributed by atoms with Gasteiger partial charge < -0.3 is 20.2 Å². The van der Waals surface area contributed by atoms with Gasteiger partial charge in [-0.15, -0.1) is 0 Å². The highest BCUT2D eigenvalue weighted by atomic mass is 16.2. The van der Waals surface area contributed by atoms with Crippen molar-refractivity contribution in [3.05, 3.63) is 66.1 Å². The smallest absolute Gasteiger partial charge is 0.315 e. The zero-order valence-corrected chi connectivity index (χ0v) is 15.3. The molecule has 2 aromatic heterocycles. The maximum atomic E-state index is 12.0. The zero-order valence-electron chi connectivity index (χ0n) is 15.3. The lowest BCUT2D eigenvalue weighted by Crippen LogP contribution is -2.35. The van der Waals surface area contributed by atoms with Gasteiger partial charge >= 0.3 is 6.03 Å². The second-order valence-electron chi connectivity index (χ2n) is 6.64. The number of benzene rings is 2. The summed E-state index contributed by atoms with van der Waals surface area (Å²) >= 11 is 0. The van der Waals surface area contributed by atoms with Gasteiger partial charge in [0.1, 0.15) is 5.82 Å². The Balaban J connectivity index is 1.24. The quantitative estimate of drug-likeness (QED) is 0.458. The number of aromatic amines is 1. The van der Waals surface area contributed by atoms with E-state index in [0.717, 1.165) is 46.4 Å². The Labute approximate surface area is 157 Å². The number of nitrogens with one attached hydrogen (secondary N) is 3. The van der Waals surface area contributed by atoms with Crippen molar-refractivity contribution in [2.45, 2.75) is 26.4 Å². The zero-order chi connectivity index (χ0) is 18.6. The minimum atomic E-state index is -0.152. The predicted octanol–water partition coefficient (Wildman–Crippen LogP) is 3.72. The number of urea groups is 1. The Morgan fingerprint density at radius 2 is 1.93 bits per heavy atom. The highest BCUT2D eigenvalue weighted by Crippen LogP contribution is 2.16. The summed E-state index contributed by atoms with van der Waals surface area (Å²) in [6, 6.07) is 18.1. The van der Waals surface area contributed by atoms with Gasteiger partial charge in [0.05, 0.1) is 17.6 Å². The molecule has 0 saturated heterocycles. The summed E-state index contributed by atoms with van der Waals surface area (Å²) in [5.74, 6) is 1.000. The number of imidazole rings is 1. The summed E-state index contributed by atoms with van der Waals surface area (Å²) in [7, 11) is 0. The molecule has 0 aliphatic carbocycles. The van der Waals surface area contributed by atoms with Crippen LogP contribution in [-0.4, -0.2) is 27.1 Å². The lowest BCUT2D eigenvalue weighted by atomic mass is 10.2. The van der Waals surface area contributed by atoms with E-state index in [-0.39, 0.29) is 6.03 Å². The summed E-state index contributed by atoms with van der Waals surface area (Å²) < 4.78 is 2.19. The number of fused-ring (bicyclic) bond motifs is 2. The number of amides is 2. The van der Waals surface area contributed by atoms with Crippen LogP contribution in [0.3, 0.4) is 0 Å². The van der Waals surface area contributed by atoms with Crippen molar-refractivity contribution >= 4 is 28.0 Å². The molecule has 4 aromatic rings. The van der Waals surface area contributed by atoms with E-state index in [2.05, 4.69) is 43.4 Å². The molecule has 0 fully saturated rings. The van der Waals surface area contributed by atoms with Crippen LogP contribution >= 0.6 is 0 Å². The summed E-state index contributed by atoms with van der Waals surface area (Å²) in [5, 5.41) is 6.96. The average Bonchev–Trinajstić information content (AvgIpc) is 3.23. The molecule has 0 aliphatic heterocycles. The lowest BCUT2D eigenvalue weighted by Gasteiger charge is -2.09. The molecule has 27 heavy (non-hydrogen) atoms. The van der Waals surface area contributed by atoms with E-state index in [0.29, 0.717) is 13.1 Å². The molecule has 0 spiro atoms. The van der Waals surface area contributed by atoms with Crippen LogP contribution in [0.15, 0.2) is 54.6 Å². The first-order valence-corrected chi connectivity index (χ1v) is 9.21. The average molecular weight is 361 g/mol. The largest absolute Gasteiger partial charge is 0.357 e. The van der Waals surface area contributed by atoms with E-state index in [9.17, 15) is 4.79 Å². The van der Waals surface area contributed by atoms with Crippen LogP contribution < -0.4 is 10.6 Å². The van der Waals surface area contributed by atoms with Gasteiger partial charge in [-0.25, -0.2) is 9.78 Å². The van der Waals surface area contributed by atoms with Crippen molar-refractivity contribution in [1.82, 2.24) is 25.2 Å². The SMILES string of the molecule is Cc1nc2ccccc2n1CCCNC(=O)NCc1cc2ccccc2[nH]1. The number of carbonyl (C=O) groups is 1. The van der Waals surface area contributed by atoms with Crippen LogP contribution in [0.2, 0.25) is 0 Å². The molecule has 0 unspecified atom stereocenters. The van der Waals surface area contributed by atoms with Crippen molar-refractivity contribution in [1.29, 1.82) is 0 Å². The number of H-pyrrole nitrogens is 1. The molecule has 2 amide bonds. The number of nitrogens with zero attached hydrogens (tertiary/aromatic N) is 2. The van der Waals surface area contributed by atoms with Gasteiger partial charge in [-0.05, 0) is 43.0 Å². The Hall–Kier alpha value is -3.28. The van der Waals surface area contributed by atoms with Gasteiger partial charge in [0.25, 0.3) is 0 Å². The van der Waals surface area contributed by atoms with Crippen LogP contribution in [-0.2, 0) is 13.1 Å². The first-order valence-electron chi connectivity index (χ1n) is 9.21. The fourth-order valence-corrected chi connectivity index (χ4v) is 3.38. The van der Waals surface area contributed by atoms with Gasteiger partial charge in [-0.2, -0.15) is 0 Å². The summed E-state index contributed by atoms with van der Waals surface area (Å²) in [4.78, 5) is 19.9. The van der Waals surface area contributed by atoms with Crippen molar-refractivity contribution < 1.29 is 4.79 Å². The maximum absolute atomic E-state index is 12.0. The predicted molar refractivity (Wildman–Crippen MR) is 108 cm³/mol. The molecular formula is C21H23N5O. The first-order chi connectivity index (χ1) is 13.2. The minimum absolute atomic E-state index is 0.152. The third-order valence-electron chi connectivity index (χ3n) is 4.71. The second kappa shape index (κ2) is 7.53. The monoisotopic (exact) mass is 361 g/mol. The molecule has 0 radical (unpaired) electrons. The fourth-order valence-electron chi connectivity index (χ4n) is 3.38. The molecule has 138 valence electrons. The van der Waals surface area contributed by atoms with Gasteiger partial charge in [0.2, 0.25) is 0 Å². The molecule has 0 saturated carbocycles. The number of aryl methyl sites for hydroxylation is 2. The van der Waals surface area contributed by atoms with E-state index in [1.54, 1.807) is 0 Å². The van der Waals surface area contributed by atoms with Crippen LogP contribution in [0, 0.1) is 6.92 Å². The van der Waals surface area contributed by atoms with E-state index in [4.69, 9.17) is 0 Å². The Morgan fingerprint density at radius 3 is 2.81 bits per heavy atom. The Kier molecular flexibility index (Phi) is 4.78. The molecule has 2 aromatic carbocycles. The van der Waals surface area contributed by atoms with Crippen LogP contribution in [0.1, 0.15) is 17.9 Å². The van der Waals surface area contributed by atoms with Gasteiger partial charge in [0, 0.05) is 24.3 Å². The number of hydrogen-bond donors (Lipinski definition) is 3. The molecule has 6 nitrogen and oxygen atoms in total. The molecular weight excluding hydrogens is 338 g/mol. The highest BCUT2D eigenvalue weighted by Gasteiger charge is 2.07. The number of para-hydroxylation sites is 3. The summed E-state index contributed by atoms with van der Waals surface area (Å²) in [5.41, 5.74) is 4.22. The lowest BCUT2D eigenvalue weighted by molar-refractivity contribution is 0.240. The molecule has 3 N–H and O–H groups in total. The van der Waals surface area contributed by atoms with Gasteiger partial charge in [-0.1, -0.05) is 30.3 Å². The molecule has 2 heterocycles. The van der Waals surface area contributed by atoms with Gasteiger partial charge in [0.15, 0.2) is 0 Å². The molecule has 0 bridgehead atoms. The van der Waals surface area contributed by atoms with E-state index >= 15 is 0 Å². The third-order valence-corrected chi connectivity index (χ3v) is 4.71. The molecule has 0 aliphatic rings. The van der Waals surface area contributed by atoms with E-state index in [1.165, 1.54) is 0 Å². The van der Waals surface area contributed by atoms with Crippen molar-refractivity contribution in [3.8, 4) is 0 Å². The van der Waals surface area contributed by atoms with Crippen LogP contribution in [0.4, 0.5) is 4.79 Å². The Morgan fingerprint density at radius 1 is 1.11 bits per heavy atom. The second-order valence-corrected chi connectivity index (χ2v) is 6.64. The number of hydrogen-bond acceptors (Lipinski definition) is 2. The first kappa shape index (κ1) is 17.1. The summed E-state index contributed by atoms with van der Waals surface area (Å²) in [6.07, 6.45) is 0.848. The number of rotatable bonds is 6. The maximum Gasteiger partial charge on any atom is 0.315 e. The number of aromatic nitrogens is 3. The van der Waals surface area contributed by atoms with E-state index in [1.807, 2.05) is 43.3 Å². The van der Waals surface area contributed by atoms with Crippen LogP contribution in [0.5, 0.6) is 0 Å². The fraction of sp³-hybridized carbons (Fsp3) is 0.238. The van der Waals surface area contributed by atoms with E-state index < -0.39 is 0 Å².